The Balaban J connectivity index is 2.51. The minimum Gasteiger partial charge on any atom is -0.247 e. The third-order valence-electron chi connectivity index (χ3n) is 1.44. The molecule has 5 heteroatoms. The second kappa shape index (κ2) is 2.09. The maximum absolute atomic E-state index is 12.0. The van der Waals surface area contributed by atoms with Gasteiger partial charge in [0.2, 0.25) is 9.05 Å². The van der Waals surface area contributed by atoms with Crippen LogP contribution in [0.25, 0.3) is 0 Å². The van der Waals surface area contributed by atoms with E-state index in [-0.39, 0.29) is 12.8 Å². The summed E-state index contributed by atoms with van der Waals surface area (Å²) in [6.07, 6.45) is -0.805. The van der Waals surface area contributed by atoms with Gasteiger partial charge >= 0.3 is 0 Å². The van der Waals surface area contributed by atoms with Crippen LogP contribution in [-0.2, 0) is 9.05 Å². The van der Waals surface area contributed by atoms with Gasteiger partial charge in [-0.3, -0.25) is 0 Å². The van der Waals surface area contributed by atoms with Crippen LogP contribution in [0.4, 0.5) is 4.39 Å². The molecule has 0 spiro atoms. The van der Waals surface area contributed by atoms with Crippen molar-refractivity contribution in [2.24, 2.45) is 0 Å². The Morgan fingerprint density at radius 2 is 1.89 bits per heavy atom. The fourth-order valence-corrected chi connectivity index (χ4v) is 2.05. The molecule has 0 aromatic heterocycles. The zero-order valence-corrected chi connectivity index (χ0v) is 6.12. The highest BCUT2D eigenvalue weighted by Crippen LogP contribution is 2.31. The predicted octanol–water partition coefficient (Wildman–Crippen LogP) is 1.06. The van der Waals surface area contributed by atoms with E-state index in [0.717, 1.165) is 0 Å². The van der Waals surface area contributed by atoms with E-state index in [4.69, 9.17) is 10.7 Å². The molecule has 0 amide bonds. The highest BCUT2D eigenvalue weighted by atomic mass is 35.7. The van der Waals surface area contributed by atoms with Gasteiger partial charge in [0.15, 0.2) is 0 Å². The van der Waals surface area contributed by atoms with Gasteiger partial charge in [0.1, 0.15) is 6.17 Å². The first-order valence-electron chi connectivity index (χ1n) is 2.57. The van der Waals surface area contributed by atoms with Crippen molar-refractivity contribution in [1.82, 2.24) is 0 Å². The molecule has 1 rings (SSSR count). The molecule has 1 saturated carbocycles. The summed E-state index contributed by atoms with van der Waals surface area (Å²) in [6, 6.07) is 0. The standard InChI is InChI=1S/C4H6ClFO2S/c5-9(7,8)4-1-3(6)2-4/h3-4H,1-2H2. The number of hydrogen-bond donors (Lipinski definition) is 0. The van der Waals surface area contributed by atoms with Crippen LogP contribution in [0.15, 0.2) is 0 Å². The van der Waals surface area contributed by atoms with Crippen molar-refractivity contribution >= 4 is 19.7 Å². The maximum Gasteiger partial charge on any atom is 0.235 e. The SMILES string of the molecule is O=S(=O)(Cl)C1CC(F)C1. The lowest BCUT2D eigenvalue weighted by molar-refractivity contribution is 0.215. The molecule has 0 unspecified atom stereocenters. The molecule has 54 valence electrons. The fraction of sp³-hybridized carbons (Fsp3) is 1.00. The lowest BCUT2D eigenvalue weighted by Crippen LogP contribution is -2.34. The van der Waals surface area contributed by atoms with Crippen LogP contribution >= 0.6 is 10.7 Å². The molecule has 0 bridgehead atoms. The topological polar surface area (TPSA) is 34.1 Å². The van der Waals surface area contributed by atoms with Crippen LogP contribution in [0.5, 0.6) is 0 Å². The summed E-state index contributed by atoms with van der Waals surface area (Å²) in [7, 11) is 1.44. The second-order valence-electron chi connectivity index (χ2n) is 2.17. The molecule has 0 heterocycles. The zero-order valence-electron chi connectivity index (χ0n) is 4.55. The third-order valence-corrected chi connectivity index (χ3v) is 3.37. The molecule has 2 nitrogen and oxygen atoms in total. The van der Waals surface area contributed by atoms with E-state index >= 15 is 0 Å². The molecular weight excluding hydrogens is 167 g/mol. The highest BCUT2D eigenvalue weighted by molar-refractivity contribution is 8.14. The van der Waals surface area contributed by atoms with Crippen LogP contribution in [0.1, 0.15) is 12.8 Å². The third kappa shape index (κ3) is 1.55. The first-order valence-corrected chi connectivity index (χ1v) is 4.95. The van der Waals surface area contributed by atoms with Crippen molar-refractivity contribution in [1.29, 1.82) is 0 Å². The number of alkyl halides is 1. The molecule has 0 aromatic rings. The predicted molar refractivity (Wildman–Crippen MR) is 32.7 cm³/mol. The first kappa shape index (κ1) is 7.28. The largest absolute Gasteiger partial charge is 0.247 e. The van der Waals surface area contributed by atoms with Crippen molar-refractivity contribution in [3.05, 3.63) is 0 Å². The molecular formula is C4H6ClFO2S. The molecule has 0 aromatic carbocycles. The second-order valence-corrected chi connectivity index (χ2v) is 5.07. The van der Waals surface area contributed by atoms with Crippen LogP contribution in [-0.4, -0.2) is 19.8 Å². The Morgan fingerprint density at radius 1 is 1.44 bits per heavy atom. The lowest BCUT2D eigenvalue weighted by Gasteiger charge is -2.25. The molecule has 9 heavy (non-hydrogen) atoms. The minimum absolute atomic E-state index is 0.0752. The summed E-state index contributed by atoms with van der Waals surface area (Å²) < 4.78 is 32.7. The molecule has 0 radical (unpaired) electrons. The van der Waals surface area contributed by atoms with E-state index in [2.05, 4.69) is 0 Å². The smallest absolute Gasteiger partial charge is 0.235 e. The molecule has 0 aliphatic heterocycles. The van der Waals surface area contributed by atoms with Gasteiger partial charge in [-0.2, -0.15) is 0 Å². The summed E-state index contributed by atoms with van der Waals surface area (Å²) >= 11 is 0. The average Bonchev–Trinajstić information content (AvgIpc) is 1.55. The molecule has 1 fully saturated rings. The minimum atomic E-state index is -3.47. The van der Waals surface area contributed by atoms with E-state index < -0.39 is 20.5 Å². The van der Waals surface area contributed by atoms with Crippen LogP contribution < -0.4 is 0 Å². The van der Waals surface area contributed by atoms with Gasteiger partial charge in [0.05, 0.1) is 5.25 Å². The summed E-state index contributed by atoms with van der Waals surface area (Å²) in [5, 5.41) is -0.630. The normalized spacial score (nSPS) is 35.8. The first-order chi connectivity index (χ1) is 4.00. The monoisotopic (exact) mass is 172 g/mol. The lowest BCUT2D eigenvalue weighted by atomic mass is 9.97. The molecule has 1 aliphatic rings. The Labute approximate surface area is 57.4 Å². The van der Waals surface area contributed by atoms with Crippen molar-refractivity contribution in [3.63, 3.8) is 0 Å². The van der Waals surface area contributed by atoms with Crippen molar-refractivity contribution in [2.45, 2.75) is 24.3 Å². The fourth-order valence-electron chi connectivity index (χ4n) is 0.731. The van der Waals surface area contributed by atoms with Gasteiger partial charge in [0, 0.05) is 10.7 Å². The average molecular weight is 173 g/mol. The van der Waals surface area contributed by atoms with E-state index in [9.17, 15) is 12.8 Å². The zero-order chi connectivity index (χ0) is 7.07. The van der Waals surface area contributed by atoms with Gasteiger partial charge in [-0.15, -0.1) is 0 Å². The summed E-state index contributed by atoms with van der Waals surface area (Å²) in [5.41, 5.74) is 0. The van der Waals surface area contributed by atoms with Crippen LogP contribution in [0.3, 0.4) is 0 Å². The van der Waals surface area contributed by atoms with Crippen molar-refractivity contribution < 1.29 is 12.8 Å². The molecule has 0 saturated heterocycles. The molecule has 0 N–H and O–H groups in total. The van der Waals surface area contributed by atoms with Crippen molar-refractivity contribution in [3.8, 4) is 0 Å². The van der Waals surface area contributed by atoms with E-state index in [1.807, 2.05) is 0 Å². The van der Waals surface area contributed by atoms with E-state index in [1.54, 1.807) is 0 Å². The van der Waals surface area contributed by atoms with Gasteiger partial charge < -0.3 is 0 Å². The van der Waals surface area contributed by atoms with Crippen LogP contribution in [0.2, 0.25) is 0 Å². The van der Waals surface area contributed by atoms with Gasteiger partial charge in [-0.1, -0.05) is 0 Å². The van der Waals surface area contributed by atoms with Crippen molar-refractivity contribution in [2.75, 3.05) is 0 Å². The molecule has 0 atom stereocenters. The van der Waals surface area contributed by atoms with Gasteiger partial charge in [-0.25, -0.2) is 12.8 Å². The van der Waals surface area contributed by atoms with E-state index in [0.29, 0.717) is 0 Å². The van der Waals surface area contributed by atoms with Gasteiger partial charge in [0.25, 0.3) is 0 Å². The number of halogens is 2. The summed E-state index contributed by atoms with van der Waals surface area (Å²) in [6.45, 7) is 0. The maximum atomic E-state index is 12.0. The Kier molecular flexibility index (Phi) is 1.69. The number of hydrogen-bond acceptors (Lipinski definition) is 2. The number of rotatable bonds is 1. The molecule has 1 aliphatic carbocycles. The quantitative estimate of drug-likeness (QED) is 0.555. The summed E-state index contributed by atoms with van der Waals surface area (Å²) in [5.74, 6) is 0. The Hall–Kier alpha value is 0.170. The highest BCUT2D eigenvalue weighted by Gasteiger charge is 2.37. The van der Waals surface area contributed by atoms with Crippen LogP contribution in [0, 0.1) is 0 Å². The summed E-state index contributed by atoms with van der Waals surface area (Å²) in [4.78, 5) is 0. The van der Waals surface area contributed by atoms with E-state index in [1.165, 1.54) is 0 Å². The Bertz CT molecular complexity index is 195. The van der Waals surface area contributed by atoms with Gasteiger partial charge in [-0.05, 0) is 12.8 Å². The Morgan fingerprint density at radius 3 is 2.00 bits per heavy atom.